The Bertz CT molecular complexity index is 1510. The number of imide groups is 2. The summed E-state index contributed by atoms with van der Waals surface area (Å²) < 4.78 is 0. The van der Waals surface area contributed by atoms with Crippen LogP contribution in [0.15, 0.2) is 18.2 Å². The third kappa shape index (κ3) is 7.75. The van der Waals surface area contributed by atoms with Crippen LogP contribution in [-0.2, 0) is 14.4 Å². The number of fused-ring (bicyclic) bond motifs is 2. The number of carbonyl (C=O) groups excluding carboxylic acids is 5. The molecule has 5 amide bonds. The highest BCUT2D eigenvalue weighted by atomic mass is 16.2. The number of hydrazine groups is 1. The van der Waals surface area contributed by atoms with Crippen LogP contribution in [-0.4, -0.2) is 138 Å². The van der Waals surface area contributed by atoms with Crippen molar-refractivity contribution in [3.8, 4) is 0 Å². The van der Waals surface area contributed by atoms with Gasteiger partial charge < -0.3 is 15.5 Å². The molecule has 0 aromatic heterocycles. The van der Waals surface area contributed by atoms with Crippen LogP contribution in [0.4, 0.5) is 5.69 Å². The monoisotopic (exact) mass is 720 g/mol. The topological polar surface area (TPSA) is 170 Å². The SMILES string of the molecule is CCC(CC)C1CC(N[C@H]2CC[C@H](NCC(=O)N3CCN(CCNc4cccc5c4C(=O)N(C4CCC(=O)NC4=O)C5=O)CC3)C2)N2NCCC2N1. The van der Waals surface area contributed by atoms with Crippen LogP contribution in [0.5, 0.6) is 0 Å². The van der Waals surface area contributed by atoms with Gasteiger partial charge in [-0.3, -0.25) is 55.1 Å². The number of hydrogen-bond donors (Lipinski definition) is 6. The average molecular weight is 721 g/mol. The predicted molar refractivity (Wildman–Crippen MR) is 195 cm³/mol. The summed E-state index contributed by atoms with van der Waals surface area (Å²) in [5, 5.41) is 19.4. The first-order chi connectivity index (χ1) is 25.2. The Morgan fingerprint density at radius 1 is 0.942 bits per heavy atom. The molecule has 0 spiro atoms. The molecule has 5 fully saturated rings. The number of rotatable bonds is 13. The van der Waals surface area contributed by atoms with Gasteiger partial charge in [-0.2, -0.15) is 0 Å². The summed E-state index contributed by atoms with van der Waals surface area (Å²) in [7, 11) is 0. The normalized spacial score (nSPS) is 29.9. The number of piperidine rings is 1. The van der Waals surface area contributed by atoms with E-state index in [2.05, 4.69) is 55.8 Å². The Hall–Kier alpha value is -3.47. The number of anilines is 1. The molecule has 7 rings (SSSR count). The zero-order valence-corrected chi connectivity index (χ0v) is 30.6. The lowest BCUT2D eigenvalue weighted by Gasteiger charge is -2.45. The third-order valence-electron chi connectivity index (χ3n) is 12.2. The van der Waals surface area contributed by atoms with Gasteiger partial charge in [0.05, 0.1) is 30.0 Å². The summed E-state index contributed by atoms with van der Waals surface area (Å²) in [6, 6.07) is 5.41. The first-order valence-electron chi connectivity index (χ1n) is 19.6. The van der Waals surface area contributed by atoms with Crippen molar-refractivity contribution in [3.63, 3.8) is 0 Å². The molecule has 6 atom stereocenters. The van der Waals surface area contributed by atoms with Crippen molar-refractivity contribution >= 4 is 35.2 Å². The van der Waals surface area contributed by atoms with Gasteiger partial charge in [0.15, 0.2) is 0 Å². The Balaban J connectivity index is 0.820. The minimum Gasteiger partial charge on any atom is -0.383 e. The molecule has 15 heteroatoms. The summed E-state index contributed by atoms with van der Waals surface area (Å²) in [4.78, 5) is 69.0. The number of amides is 5. The van der Waals surface area contributed by atoms with Gasteiger partial charge in [0.25, 0.3) is 11.8 Å². The fourth-order valence-electron chi connectivity index (χ4n) is 9.24. The fourth-order valence-corrected chi connectivity index (χ4v) is 9.24. The van der Waals surface area contributed by atoms with Gasteiger partial charge in [0.1, 0.15) is 6.04 Å². The number of benzene rings is 1. The molecule has 5 heterocycles. The quantitative estimate of drug-likeness (QED) is 0.156. The highest BCUT2D eigenvalue weighted by Gasteiger charge is 2.46. The first kappa shape index (κ1) is 36.9. The summed E-state index contributed by atoms with van der Waals surface area (Å²) in [5.74, 6) is -1.21. The molecular formula is C37H56N10O5. The van der Waals surface area contributed by atoms with Crippen LogP contribution in [0.1, 0.15) is 92.4 Å². The Morgan fingerprint density at radius 2 is 1.73 bits per heavy atom. The van der Waals surface area contributed by atoms with Crippen LogP contribution < -0.4 is 32.0 Å². The molecular weight excluding hydrogens is 664 g/mol. The van der Waals surface area contributed by atoms with Gasteiger partial charge in [-0.1, -0.05) is 32.8 Å². The molecule has 15 nitrogen and oxygen atoms in total. The Morgan fingerprint density at radius 3 is 2.50 bits per heavy atom. The smallest absolute Gasteiger partial charge is 0.264 e. The molecule has 4 unspecified atom stereocenters. The molecule has 0 bridgehead atoms. The van der Waals surface area contributed by atoms with Gasteiger partial charge in [-0.15, -0.1) is 0 Å². The minimum atomic E-state index is -0.994. The minimum absolute atomic E-state index is 0.0818. The van der Waals surface area contributed by atoms with Crippen molar-refractivity contribution < 1.29 is 24.0 Å². The lowest BCUT2D eigenvalue weighted by molar-refractivity contribution is -0.136. The van der Waals surface area contributed by atoms with Gasteiger partial charge >= 0.3 is 0 Å². The van der Waals surface area contributed by atoms with E-state index in [0.717, 1.165) is 56.6 Å². The summed E-state index contributed by atoms with van der Waals surface area (Å²) in [6.07, 6.45) is 8.79. The Kier molecular flexibility index (Phi) is 11.5. The van der Waals surface area contributed by atoms with E-state index in [-0.39, 0.29) is 29.9 Å². The van der Waals surface area contributed by atoms with Crippen molar-refractivity contribution in [2.75, 3.05) is 57.7 Å². The van der Waals surface area contributed by atoms with Gasteiger partial charge in [-0.05, 0) is 56.6 Å². The van der Waals surface area contributed by atoms with E-state index in [1.807, 2.05) is 4.90 Å². The predicted octanol–water partition coefficient (Wildman–Crippen LogP) is 0.405. The number of nitrogens with one attached hydrogen (secondary N) is 6. The van der Waals surface area contributed by atoms with Gasteiger partial charge in [-0.25, -0.2) is 5.01 Å². The van der Waals surface area contributed by atoms with Crippen molar-refractivity contribution in [2.45, 2.75) is 108 Å². The average Bonchev–Trinajstić information content (AvgIpc) is 3.87. The largest absolute Gasteiger partial charge is 0.383 e. The zero-order valence-electron chi connectivity index (χ0n) is 30.6. The maximum atomic E-state index is 13.4. The summed E-state index contributed by atoms with van der Waals surface area (Å²) >= 11 is 0. The summed E-state index contributed by atoms with van der Waals surface area (Å²) in [6.45, 7) is 10.1. The molecule has 52 heavy (non-hydrogen) atoms. The van der Waals surface area contributed by atoms with E-state index >= 15 is 0 Å². The van der Waals surface area contributed by atoms with Crippen LogP contribution >= 0.6 is 0 Å². The lowest BCUT2D eigenvalue weighted by Crippen LogP contribution is -2.66. The maximum Gasteiger partial charge on any atom is 0.264 e. The molecule has 0 radical (unpaired) electrons. The number of nitrogens with zero attached hydrogens (tertiary/aromatic N) is 4. The number of piperazine rings is 1. The van der Waals surface area contributed by atoms with E-state index in [0.29, 0.717) is 74.8 Å². The maximum absolute atomic E-state index is 13.4. The van der Waals surface area contributed by atoms with E-state index in [1.165, 1.54) is 12.8 Å². The van der Waals surface area contributed by atoms with E-state index in [1.54, 1.807) is 18.2 Å². The molecule has 1 saturated carbocycles. The second kappa shape index (κ2) is 16.3. The molecule has 5 aliphatic heterocycles. The number of hydrogen-bond acceptors (Lipinski definition) is 12. The Labute approximate surface area is 306 Å². The van der Waals surface area contributed by atoms with Gasteiger partial charge in [0, 0.05) is 76.0 Å². The molecule has 4 saturated heterocycles. The van der Waals surface area contributed by atoms with Crippen LogP contribution in [0.2, 0.25) is 0 Å². The molecule has 1 aliphatic carbocycles. The molecule has 6 N–H and O–H groups in total. The molecule has 284 valence electrons. The summed E-state index contributed by atoms with van der Waals surface area (Å²) in [5.41, 5.74) is 4.68. The second-order valence-corrected chi connectivity index (χ2v) is 15.3. The highest BCUT2D eigenvalue weighted by Crippen LogP contribution is 2.33. The molecule has 1 aromatic carbocycles. The van der Waals surface area contributed by atoms with Crippen molar-refractivity contribution in [3.05, 3.63) is 29.3 Å². The first-order valence-corrected chi connectivity index (χ1v) is 19.6. The van der Waals surface area contributed by atoms with Crippen LogP contribution in [0, 0.1) is 5.92 Å². The van der Waals surface area contributed by atoms with Crippen LogP contribution in [0.25, 0.3) is 0 Å². The fraction of sp³-hybridized carbons (Fsp3) is 0.703. The van der Waals surface area contributed by atoms with Crippen molar-refractivity contribution in [2.24, 2.45) is 5.92 Å². The van der Waals surface area contributed by atoms with Crippen LogP contribution in [0.3, 0.4) is 0 Å². The van der Waals surface area contributed by atoms with Gasteiger partial charge in [0.2, 0.25) is 17.7 Å². The van der Waals surface area contributed by atoms with Crippen molar-refractivity contribution in [1.29, 1.82) is 0 Å². The number of carbonyl (C=O) groups is 5. The third-order valence-corrected chi connectivity index (χ3v) is 12.2. The van der Waals surface area contributed by atoms with E-state index in [9.17, 15) is 24.0 Å². The van der Waals surface area contributed by atoms with E-state index in [4.69, 9.17) is 0 Å². The van der Waals surface area contributed by atoms with Crippen molar-refractivity contribution in [1.82, 2.24) is 46.4 Å². The molecule has 1 aromatic rings. The second-order valence-electron chi connectivity index (χ2n) is 15.3. The molecule has 6 aliphatic rings. The highest BCUT2D eigenvalue weighted by molar-refractivity contribution is 6.25. The standard InChI is InChI=1S/C37H56N10O5/c1-3-23(4-2)28-21-31(47-30(42-28)12-13-40-47)41-25-9-8-24(20-25)39-22-33(49)45-18-16-44(17-19-45)15-14-38-27-7-5-6-26-34(27)37(52)46(36(26)51)29-10-11-32(48)43-35(29)50/h5-7,23-25,28-31,38-42H,3-4,8-22H2,1-2H3,(H,43,48,50)/t24-,25-,28?,29?,30?,31?/m0/s1. The van der Waals surface area contributed by atoms with E-state index < -0.39 is 29.7 Å². The zero-order chi connectivity index (χ0) is 36.4. The lowest BCUT2D eigenvalue weighted by atomic mass is 9.89.